The quantitative estimate of drug-likeness (QED) is 0.491. The third kappa shape index (κ3) is 4.80. The van der Waals surface area contributed by atoms with Crippen molar-refractivity contribution in [3.8, 4) is 0 Å². The minimum atomic E-state index is 0. The molecule has 0 aromatic rings. The van der Waals surface area contributed by atoms with E-state index in [1.165, 1.54) is 24.4 Å². The summed E-state index contributed by atoms with van der Waals surface area (Å²) in [5, 5.41) is 0. The van der Waals surface area contributed by atoms with Gasteiger partial charge in [0.2, 0.25) is 0 Å². The van der Waals surface area contributed by atoms with E-state index in [0.717, 1.165) is 5.92 Å². The Kier molecular flexibility index (Phi) is 8.92. The van der Waals surface area contributed by atoms with Crippen LogP contribution in [0.4, 0.5) is 0 Å². The van der Waals surface area contributed by atoms with Crippen LogP contribution in [0.1, 0.15) is 34.6 Å². The molecule has 1 aliphatic rings. The lowest BCUT2D eigenvalue weighted by atomic mass is 10.2. The minimum Gasteiger partial charge on any atom is -0.468 e. The fraction of sp³-hybridized carbons (Fsp3) is 0.889. The summed E-state index contributed by atoms with van der Waals surface area (Å²) < 4.78 is 0. The van der Waals surface area contributed by atoms with Crippen molar-refractivity contribution in [2.75, 3.05) is 13.1 Å². The molecule has 2 atom stereocenters. The Hall–Kier alpha value is -0.0400. The average molecular weight is 145 g/mol. The molecule has 1 heteroatoms. The largest absolute Gasteiger partial charge is 0.468 e. The highest BCUT2D eigenvalue weighted by Crippen LogP contribution is 1.99. The number of hydrogen-bond donors (Lipinski definition) is 1. The first-order chi connectivity index (χ1) is 4.29. The van der Waals surface area contributed by atoms with E-state index in [1.54, 1.807) is 0 Å². The van der Waals surface area contributed by atoms with Crippen LogP contribution >= 0.6 is 0 Å². The Balaban J connectivity index is 0. The predicted molar refractivity (Wildman–Crippen MR) is 47.9 cm³/mol. The van der Waals surface area contributed by atoms with Crippen molar-refractivity contribution >= 4 is 0 Å². The van der Waals surface area contributed by atoms with E-state index in [0.29, 0.717) is 0 Å². The summed E-state index contributed by atoms with van der Waals surface area (Å²) >= 11 is 0. The van der Waals surface area contributed by atoms with Gasteiger partial charge in [-0.05, 0) is 0 Å². The molecule has 64 valence electrons. The zero-order valence-electron chi connectivity index (χ0n) is 6.91. The molecule has 0 aromatic heterocycles. The highest BCUT2D eigenvalue weighted by molar-refractivity contribution is 4.54. The Labute approximate surface area is 66.4 Å². The average Bonchev–Trinajstić information content (AvgIpc) is 2.20. The van der Waals surface area contributed by atoms with Crippen LogP contribution < -0.4 is 4.90 Å². The Morgan fingerprint density at radius 1 is 1.40 bits per heavy atom. The van der Waals surface area contributed by atoms with Crippen LogP contribution in [-0.2, 0) is 0 Å². The second kappa shape index (κ2) is 7.07. The third-order valence-corrected chi connectivity index (χ3v) is 1.63. The Morgan fingerprint density at radius 3 is 2.00 bits per heavy atom. The minimum absolute atomic E-state index is 0. The maximum absolute atomic E-state index is 3.90. The Bertz CT molecular complexity index is 53.7. The van der Waals surface area contributed by atoms with Crippen LogP contribution in [-0.4, -0.2) is 13.1 Å². The molecule has 0 radical (unpaired) electrons. The van der Waals surface area contributed by atoms with Crippen molar-refractivity contribution in [3.63, 3.8) is 0 Å². The topological polar surface area (TPSA) is 4.44 Å². The van der Waals surface area contributed by atoms with Gasteiger partial charge in [0.25, 0.3) is 0 Å². The summed E-state index contributed by atoms with van der Waals surface area (Å²) in [4.78, 5) is 1.45. The van der Waals surface area contributed by atoms with Gasteiger partial charge >= 0.3 is 0 Å². The molecular formula is C9H23N. The molecular weight excluding hydrogens is 122 g/mol. The van der Waals surface area contributed by atoms with Gasteiger partial charge in [-0.15, -0.1) is 0 Å². The molecule has 1 fully saturated rings. The third-order valence-electron chi connectivity index (χ3n) is 1.63. The molecule has 0 aliphatic carbocycles. The molecule has 0 aromatic carbocycles. The lowest BCUT2D eigenvalue weighted by Crippen LogP contribution is -3.04. The molecule has 1 N–H and O–H groups in total. The van der Waals surface area contributed by atoms with E-state index in [1.807, 2.05) is 13.8 Å². The fourth-order valence-corrected chi connectivity index (χ4v) is 1.15. The van der Waals surface area contributed by atoms with E-state index in [-0.39, 0.29) is 7.43 Å². The van der Waals surface area contributed by atoms with Crippen molar-refractivity contribution in [1.29, 1.82) is 0 Å². The first-order valence-electron chi connectivity index (χ1n) is 3.95. The number of nitrogens with one attached hydrogen (secondary N) is 1. The van der Waals surface area contributed by atoms with Gasteiger partial charge in [-0.3, -0.25) is 0 Å². The number of rotatable bonds is 0. The van der Waals surface area contributed by atoms with Crippen molar-refractivity contribution in [1.82, 2.24) is 0 Å². The first kappa shape index (κ1) is 12.6. The van der Waals surface area contributed by atoms with Crippen molar-refractivity contribution in [2.45, 2.75) is 34.6 Å². The summed E-state index contributed by atoms with van der Waals surface area (Å²) in [7, 11) is 3.90. The van der Waals surface area contributed by atoms with Gasteiger partial charge in [0.15, 0.2) is 0 Å². The number of quaternary nitrogens is 1. The van der Waals surface area contributed by atoms with Gasteiger partial charge < -0.3 is 4.90 Å². The molecule has 10 heavy (non-hydrogen) atoms. The molecule has 0 spiro atoms. The first-order valence-corrected chi connectivity index (χ1v) is 3.95. The second-order valence-corrected chi connectivity index (χ2v) is 2.60. The van der Waals surface area contributed by atoms with Crippen LogP contribution in [0.3, 0.4) is 0 Å². The fourth-order valence-electron chi connectivity index (χ4n) is 1.15. The molecule has 0 saturated carbocycles. The van der Waals surface area contributed by atoms with E-state index in [9.17, 15) is 0 Å². The standard InChI is InChI=1S/C6H13N.C2H6.CH4/c1-6-3-4-7(2)5-6;1-2;/h6-7H,2-5H2,1H3;1-2H3;1H4/t6-;;/m0../s1. The monoisotopic (exact) mass is 145 g/mol. The molecule has 1 heterocycles. The van der Waals surface area contributed by atoms with E-state index in [4.69, 9.17) is 0 Å². The summed E-state index contributed by atoms with van der Waals surface area (Å²) in [6.45, 7) is 8.85. The van der Waals surface area contributed by atoms with Gasteiger partial charge in [-0.2, -0.15) is 7.05 Å². The summed E-state index contributed by atoms with van der Waals surface area (Å²) in [5.74, 6) is 0.924. The zero-order chi connectivity index (χ0) is 7.28. The van der Waals surface area contributed by atoms with Crippen molar-refractivity contribution < 1.29 is 4.90 Å². The van der Waals surface area contributed by atoms with Crippen molar-refractivity contribution in [3.05, 3.63) is 7.05 Å². The molecule has 0 amide bonds. The van der Waals surface area contributed by atoms with E-state index >= 15 is 0 Å². The van der Waals surface area contributed by atoms with Gasteiger partial charge in [-0.1, -0.05) is 28.2 Å². The lowest BCUT2D eigenvalue weighted by Gasteiger charge is -2.10. The van der Waals surface area contributed by atoms with Gasteiger partial charge in [0, 0.05) is 12.3 Å². The van der Waals surface area contributed by atoms with Crippen LogP contribution in [0.15, 0.2) is 0 Å². The molecule has 1 unspecified atom stereocenters. The maximum Gasteiger partial charge on any atom is 0.0558 e. The zero-order valence-corrected chi connectivity index (χ0v) is 6.91. The lowest BCUT2D eigenvalue weighted by molar-refractivity contribution is -0.841. The Morgan fingerprint density at radius 2 is 1.90 bits per heavy atom. The van der Waals surface area contributed by atoms with Gasteiger partial charge in [0.1, 0.15) is 0 Å². The maximum atomic E-state index is 3.90. The molecule has 1 saturated heterocycles. The highest BCUT2D eigenvalue weighted by atomic mass is 15.1. The van der Waals surface area contributed by atoms with Crippen LogP contribution in [0.5, 0.6) is 0 Å². The normalized spacial score (nSPS) is 30.0. The number of likely N-dealkylation sites (tertiary alicyclic amines) is 1. The highest BCUT2D eigenvalue weighted by Gasteiger charge is 2.13. The summed E-state index contributed by atoms with van der Waals surface area (Å²) in [6.07, 6.45) is 1.37. The van der Waals surface area contributed by atoms with Gasteiger partial charge in [0.05, 0.1) is 13.1 Å². The molecule has 0 bridgehead atoms. The predicted octanol–water partition coefficient (Wildman–Crippen LogP) is 1.36. The second-order valence-electron chi connectivity index (χ2n) is 2.60. The summed E-state index contributed by atoms with van der Waals surface area (Å²) in [6, 6.07) is 0. The van der Waals surface area contributed by atoms with Crippen molar-refractivity contribution in [2.24, 2.45) is 5.92 Å². The molecule has 1 rings (SSSR count). The van der Waals surface area contributed by atoms with E-state index in [2.05, 4.69) is 14.0 Å². The smallest absolute Gasteiger partial charge is 0.0558 e. The number of hydrogen-bond acceptors (Lipinski definition) is 0. The molecule has 1 nitrogen and oxygen atoms in total. The van der Waals surface area contributed by atoms with Gasteiger partial charge in [-0.25, -0.2) is 0 Å². The van der Waals surface area contributed by atoms with Crippen LogP contribution in [0.2, 0.25) is 0 Å². The van der Waals surface area contributed by atoms with Crippen LogP contribution in [0, 0.1) is 13.0 Å². The summed E-state index contributed by atoms with van der Waals surface area (Å²) in [5.41, 5.74) is 0. The van der Waals surface area contributed by atoms with E-state index < -0.39 is 0 Å². The van der Waals surface area contributed by atoms with Crippen LogP contribution in [0.25, 0.3) is 0 Å². The SMILES string of the molecule is C.CC.[CH2-][NH+]1CC[C@H](C)C1. The molecule has 1 aliphatic heterocycles.